The molecule has 2 aromatic rings. The molecule has 0 aromatic heterocycles. The molecule has 0 radical (unpaired) electrons. The van der Waals surface area contributed by atoms with E-state index < -0.39 is 0 Å². The van der Waals surface area contributed by atoms with Crippen LogP contribution in [-0.2, 0) is 0 Å². The monoisotopic (exact) mass is 281 g/mol. The van der Waals surface area contributed by atoms with E-state index in [0.29, 0.717) is 13.1 Å². The van der Waals surface area contributed by atoms with E-state index in [4.69, 9.17) is 11.5 Å². The minimum atomic E-state index is 0.635. The normalized spacial score (nSPS) is 11.0. The highest BCUT2D eigenvalue weighted by atomic mass is 15.1. The first-order chi connectivity index (χ1) is 10.3. The number of nitrogens with zero attached hydrogens (tertiary/aromatic N) is 1. The van der Waals surface area contributed by atoms with Gasteiger partial charge in [0, 0.05) is 31.9 Å². The molecule has 0 saturated heterocycles. The van der Waals surface area contributed by atoms with Gasteiger partial charge in [0.2, 0.25) is 0 Å². The van der Waals surface area contributed by atoms with Crippen LogP contribution in [0.15, 0.2) is 54.6 Å². The fourth-order valence-corrected chi connectivity index (χ4v) is 2.23. The maximum atomic E-state index is 5.65. The van der Waals surface area contributed by atoms with Crippen molar-refractivity contribution in [3.05, 3.63) is 65.7 Å². The molecule has 0 heterocycles. The summed E-state index contributed by atoms with van der Waals surface area (Å²) in [5.41, 5.74) is 14.8. The molecule has 0 aliphatic rings. The molecule has 0 saturated carbocycles. The van der Waals surface area contributed by atoms with Gasteiger partial charge in [-0.25, -0.2) is 0 Å². The minimum absolute atomic E-state index is 0.635. The Bertz CT molecular complexity index is 540. The van der Waals surface area contributed by atoms with E-state index in [2.05, 4.69) is 53.5 Å². The summed E-state index contributed by atoms with van der Waals surface area (Å²) in [6.07, 6.45) is 4.24. The number of hydrogen-bond acceptors (Lipinski definition) is 3. The van der Waals surface area contributed by atoms with Crippen LogP contribution in [0.3, 0.4) is 0 Å². The summed E-state index contributed by atoms with van der Waals surface area (Å²) in [6, 6.07) is 18.8. The first kappa shape index (κ1) is 15.3. The van der Waals surface area contributed by atoms with Crippen LogP contribution in [0, 0.1) is 0 Å². The van der Waals surface area contributed by atoms with Crippen molar-refractivity contribution in [2.45, 2.75) is 0 Å². The Hall–Kier alpha value is -2.10. The lowest BCUT2D eigenvalue weighted by Gasteiger charge is -2.23. The number of nitrogens with two attached hydrogens (primary N) is 2. The van der Waals surface area contributed by atoms with Crippen LogP contribution in [0.25, 0.3) is 12.2 Å². The molecule has 4 N–H and O–H groups in total. The van der Waals surface area contributed by atoms with Crippen molar-refractivity contribution in [1.29, 1.82) is 0 Å². The zero-order valence-electron chi connectivity index (χ0n) is 12.3. The molecule has 110 valence electrons. The third kappa shape index (κ3) is 4.74. The van der Waals surface area contributed by atoms with Crippen molar-refractivity contribution in [3.63, 3.8) is 0 Å². The van der Waals surface area contributed by atoms with Crippen LogP contribution in [0.4, 0.5) is 5.69 Å². The predicted molar refractivity (Wildman–Crippen MR) is 92.1 cm³/mol. The fraction of sp³-hybridized carbons (Fsp3) is 0.222. The molecule has 21 heavy (non-hydrogen) atoms. The second-order valence-corrected chi connectivity index (χ2v) is 4.90. The van der Waals surface area contributed by atoms with Gasteiger partial charge in [0.05, 0.1) is 0 Å². The molecule has 0 amide bonds. The maximum Gasteiger partial charge on any atom is 0.0367 e. The summed E-state index contributed by atoms with van der Waals surface area (Å²) in [4.78, 5) is 2.21. The molecule has 0 unspecified atom stereocenters. The molecule has 2 aromatic carbocycles. The zero-order chi connectivity index (χ0) is 14.9. The van der Waals surface area contributed by atoms with Gasteiger partial charge < -0.3 is 16.4 Å². The average Bonchev–Trinajstić information content (AvgIpc) is 2.54. The van der Waals surface area contributed by atoms with Crippen LogP contribution in [0.2, 0.25) is 0 Å². The van der Waals surface area contributed by atoms with E-state index >= 15 is 0 Å². The van der Waals surface area contributed by atoms with Crippen LogP contribution in [0.5, 0.6) is 0 Å². The van der Waals surface area contributed by atoms with Gasteiger partial charge in [0.15, 0.2) is 0 Å². The van der Waals surface area contributed by atoms with Crippen LogP contribution in [-0.4, -0.2) is 26.2 Å². The third-order valence-electron chi connectivity index (χ3n) is 3.32. The van der Waals surface area contributed by atoms with Crippen LogP contribution >= 0.6 is 0 Å². The molecule has 3 nitrogen and oxygen atoms in total. The van der Waals surface area contributed by atoms with E-state index in [1.54, 1.807) is 0 Å². The highest BCUT2D eigenvalue weighted by Gasteiger charge is 2.03. The summed E-state index contributed by atoms with van der Waals surface area (Å²) < 4.78 is 0. The number of benzene rings is 2. The van der Waals surface area contributed by atoms with Crippen molar-refractivity contribution >= 4 is 17.8 Å². The molecule has 3 heteroatoms. The summed E-state index contributed by atoms with van der Waals surface area (Å²) >= 11 is 0. The largest absolute Gasteiger partial charge is 0.369 e. The lowest BCUT2D eigenvalue weighted by molar-refractivity contribution is 0.782. The van der Waals surface area contributed by atoms with Crippen LogP contribution in [0.1, 0.15) is 11.1 Å². The van der Waals surface area contributed by atoms with Gasteiger partial charge in [-0.3, -0.25) is 0 Å². The second-order valence-electron chi connectivity index (χ2n) is 4.90. The average molecular weight is 281 g/mol. The smallest absolute Gasteiger partial charge is 0.0367 e. The van der Waals surface area contributed by atoms with E-state index in [1.165, 1.54) is 16.8 Å². The third-order valence-corrected chi connectivity index (χ3v) is 3.32. The number of rotatable bonds is 7. The Morgan fingerprint density at radius 2 is 1.24 bits per heavy atom. The summed E-state index contributed by atoms with van der Waals surface area (Å²) in [5, 5.41) is 0. The molecule has 0 aliphatic carbocycles. The molecule has 0 atom stereocenters. The summed E-state index contributed by atoms with van der Waals surface area (Å²) in [7, 11) is 0. The molecular formula is C18H23N3. The van der Waals surface area contributed by atoms with Crippen LogP contribution < -0.4 is 16.4 Å². The molecule has 0 spiro atoms. The Morgan fingerprint density at radius 1 is 0.714 bits per heavy atom. The van der Waals surface area contributed by atoms with E-state index in [1.807, 2.05) is 18.2 Å². The highest BCUT2D eigenvalue weighted by molar-refractivity contribution is 5.70. The molecule has 0 bridgehead atoms. The van der Waals surface area contributed by atoms with Gasteiger partial charge in [-0.05, 0) is 23.3 Å². The van der Waals surface area contributed by atoms with Crippen molar-refractivity contribution < 1.29 is 0 Å². The molecule has 0 fully saturated rings. The van der Waals surface area contributed by atoms with Gasteiger partial charge >= 0.3 is 0 Å². The van der Waals surface area contributed by atoms with E-state index in [9.17, 15) is 0 Å². The van der Waals surface area contributed by atoms with Gasteiger partial charge in [-0.1, -0.05) is 54.6 Å². The lowest BCUT2D eigenvalue weighted by Crippen LogP contribution is -2.33. The highest BCUT2D eigenvalue weighted by Crippen LogP contribution is 2.16. The minimum Gasteiger partial charge on any atom is -0.369 e. The second kappa shape index (κ2) is 8.25. The topological polar surface area (TPSA) is 55.3 Å². The maximum absolute atomic E-state index is 5.65. The van der Waals surface area contributed by atoms with Gasteiger partial charge in [0.25, 0.3) is 0 Å². The van der Waals surface area contributed by atoms with E-state index in [-0.39, 0.29) is 0 Å². The van der Waals surface area contributed by atoms with Gasteiger partial charge in [-0.2, -0.15) is 0 Å². The van der Waals surface area contributed by atoms with E-state index in [0.717, 1.165) is 13.1 Å². The Morgan fingerprint density at radius 3 is 1.76 bits per heavy atom. The van der Waals surface area contributed by atoms with Crippen molar-refractivity contribution in [3.8, 4) is 0 Å². The number of anilines is 1. The summed E-state index contributed by atoms with van der Waals surface area (Å²) in [6.45, 7) is 2.93. The quantitative estimate of drug-likeness (QED) is 0.767. The SMILES string of the molecule is NCCN(CCN)c1ccc(C=Cc2ccccc2)cc1. The van der Waals surface area contributed by atoms with Crippen molar-refractivity contribution in [2.75, 3.05) is 31.1 Å². The first-order valence-corrected chi connectivity index (χ1v) is 7.32. The number of hydrogen-bond donors (Lipinski definition) is 2. The summed E-state index contributed by atoms with van der Waals surface area (Å²) in [5.74, 6) is 0. The van der Waals surface area contributed by atoms with Gasteiger partial charge in [-0.15, -0.1) is 0 Å². The zero-order valence-corrected chi connectivity index (χ0v) is 12.3. The lowest BCUT2D eigenvalue weighted by atomic mass is 10.1. The van der Waals surface area contributed by atoms with Crippen molar-refractivity contribution in [2.24, 2.45) is 11.5 Å². The predicted octanol–water partition coefficient (Wildman–Crippen LogP) is 2.58. The molecule has 0 aliphatic heterocycles. The van der Waals surface area contributed by atoms with Gasteiger partial charge in [0.1, 0.15) is 0 Å². The van der Waals surface area contributed by atoms with Crippen molar-refractivity contribution in [1.82, 2.24) is 0 Å². The Labute approximate surface area is 126 Å². The molecular weight excluding hydrogens is 258 g/mol. The fourth-order valence-electron chi connectivity index (χ4n) is 2.23. The Kier molecular flexibility index (Phi) is 6.00. The molecule has 2 rings (SSSR count). The first-order valence-electron chi connectivity index (χ1n) is 7.32. The Balaban J connectivity index is 2.06. The standard InChI is InChI=1S/C18H23N3/c19-12-14-21(15-13-20)18-10-8-17(9-11-18)7-6-16-4-2-1-3-5-16/h1-11H,12-15,19-20H2.